The molecule has 8 nitrogen and oxygen atoms in total. The van der Waals surface area contributed by atoms with Crippen molar-refractivity contribution in [1.82, 2.24) is 0 Å². The van der Waals surface area contributed by atoms with Crippen LogP contribution in [0.3, 0.4) is 0 Å². The van der Waals surface area contributed by atoms with E-state index in [1.54, 1.807) is 24.3 Å². The maximum Gasteiger partial charge on any atom is 2.00 e. The molecule has 57 heavy (non-hydrogen) atoms. The summed E-state index contributed by atoms with van der Waals surface area (Å²) in [5.74, 6) is -0.196. The molecule has 281 valence electrons. The Kier molecular flexibility index (Phi) is 13.7. The van der Waals surface area contributed by atoms with Gasteiger partial charge in [0, 0.05) is 22.1 Å². The molecule has 0 fully saturated rings. The average Bonchev–Trinajstić information content (AvgIpc) is 3.25. The minimum absolute atomic E-state index is 0. The summed E-state index contributed by atoms with van der Waals surface area (Å²) in [6.45, 7) is 0. The van der Waals surface area contributed by atoms with Gasteiger partial charge in [-0.3, -0.25) is 0 Å². The maximum absolute atomic E-state index is 12.6. The van der Waals surface area contributed by atoms with E-state index in [0.29, 0.717) is 11.1 Å². The number of benzene rings is 8. The van der Waals surface area contributed by atoms with Gasteiger partial charge in [-0.15, -0.1) is 0 Å². The molecule has 8 aromatic carbocycles. The summed E-state index contributed by atoms with van der Waals surface area (Å²) in [6, 6.07) is 64.9. The summed E-state index contributed by atoms with van der Waals surface area (Å²) >= 11 is 0. The number of fused-ring (bicyclic) bond motifs is 2. The van der Waals surface area contributed by atoms with E-state index >= 15 is 0 Å². The van der Waals surface area contributed by atoms with E-state index in [1.807, 2.05) is 182 Å². The number of para-hydroxylation sites is 2. The van der Waals surface area contributed by atoms with Crippen molar-refractivity contribution in [2.45, 2.75) is 0 Å². The molecule has 0 heterocycles. The molecule has 0 bridgehead atoms. The number of nitrogens with zero attached hydrogens (tertiary/aromatic N) is 4. The fourth-order valence-electron chi connectivity index (χ4n) is 5.79. The van der Waals surface area contributed by atoms with Crippen LogP contribution < -0.4 is 20.8 Å². The molecule has 8 rings (SSSR count). The second kappa shape index (κ2) is 19.8. The predicted molar refractivity (Wildman–Crippen MR) is 228 cm³/mol. The molecule has 8 aromatic rings. The van der Waals surface area contributed by atoms with Crippen LogP contribution >= 0.6 is 0 Å². The van der Waals surface area contributed by atoms with Crippen molar-refractivity contribution in [1.29, 1.82) is 0 Å². The van der Waals surface area contributed by atoms with Gasteiger partial charge in [0.1, 0.15) is 0 Å². The zero-order valence-electron chi connectivity index (χ0n) is 30.5. The van der Waals surface area contributed by atoms with Gasteiger partial charge in [-0.1, -0.05) is 170 Å². The van der Waals surface area contributed by atoms with Gasteiger partial charge < -0.3 is 20.8 Å². The molecular formula is C48H36CuN6O2. The number of anilines is 2. The standard InChI is InChI=1S/2C24H19N3O.Cu/c2*28-23(19-11-3-1-4-12-19)27-24(25-20-14-5-2-6-15-20)26-22-17-9-13-18-10-7-8-16-21(18)22;/h2*1-17H,(H2,25,26,27,28);/q;;+2/p-2. The van der Waals surface area contributed by atoms with Gasteiger partial charge in [0.15, 0.2) is 0 Å². The molecule has 0 saturated carbocycles. The van der Waals surface area contributed by atoms with Crippen LogP contribution in [0.2, 0.25) is 0 Å². The Morgan fingerprint density at radius 1 is 0.351 bits per heavy atom. The zero-order valence-corrected chi connectivity index (χ0v) is 31.5. The number of rotatable bonds is 6. The molecule has 0 unspecified atom stereocenters. The van der Waals surface area contributed by atoms with Gasteiger partial charge in [0.2, 0.25) is 11.9 Å². The summed E-state index contributed by atoms with van der Waals surface area (Å²) in [5.41, 5.74) is 4.16. The van der Waals surface area contributed by atoms with Crippen LogP contribution in [0.25, 0.3) is 21.5 Å². The van der Waals surface area contributed by atoms with E-state index < -0.39 is 0 Å². The van der Waals surface area contributed by atoms with E-state index in [4.69, 9.17) is 0 Å². The Hall–Kier alpha value is -7.32. The second-order valence-corrected chi connectivity index (χ2v) is 12.4. The third-order valence-corrected chi connectivity index (χ3v) is 8.50. The van der Waals surface area contributed by atoms with Crippen molar-refractivity contribution in [3.05, 3.63) is 217 Å². The second-order valence-electron chi connectivity index (χ2n) is 12.4. The van der Waals surface area contributed by atoms with Gasteiger partial charge >= 0.3 is 17.1 Å². The Labute approximate surface area is 341 Å². The minimum Gasteiger partial charge on any atom is -0.858 e. The van der Waals surface area contributed by atoms with E-state index in [1.165, 1.54) is 0 Å². The molecule has 0 aliphatic carbocycles. The molecule has 0 amide bonds. The molecule has 0 aliphatic rings. The van der Waals surface area contributed by atoms with Crippen LogP contribution in [0.5, 0.6) is 0 Å². The van der Waals surface area contributed by atoms with Crippen LogP contribution in [-0.2, 0) is 17.1 Å². The summed E-state index contributed by atoms with van der Waals surface area (Å²) in [6.07, 6.45) is 0. The van der Waals surface area contributed by atoms with Crippen LogP contribution in [0.15, 0.2) is 226 Å². The Bertz CT molecular complexity index is 2460. The number of hydrogen-bond acceptors (Lipinski definition) is 4. The summed E-state index contributed by atoms with van der Waals surface area (Å²) in [4.78, 5) is 17.8. The van der Waals surface area contributed by atoms with Crippen LogP contribution in [0.4, 0.5) is 22.7 Å². The molecule has 0 saturated heterocycles. The van der Waals surface area contributed by atoms with Gasteiger partial charge in [-0.05, 0) is 70.1 Å². The Morgan fingerprint density at radius 3 is 1.05 bits per heavy atom. The van der Waals surface area contributed by atoms with Gasteiger partial charge in [0.05, 0.1) is 11.4 Å². The molecule has 2 N–H and O–H groups in total. The van der Waals surface area contributed by atoms with E-state index in [-0.39, 0.29) is 40.8 Å². The molecule has 0 aliphatic heterocycles. The van der Waals surface area contributed by atoms with Crippen molar-refractivity contribution in [2.24, 2.45) is 20.0 Å². The minimum atomic E-state index is -0.344. The molecule has 0 spiro atoms. The first-order valence-electron chi connectivity index (χ1n) is 18.0. The SMILES string of the molecule is [Cu+2].[O-]/C(=N\C(=Nc1cccc2ccccc12)Nc1ccccc1)c1ccccc1.[O-]/C(=N\C(=Nc1cccc2ccccc12)Nc1ccccc1)c1ccccc1. The fourth-order valence-corrected chi connectivity index (χ4v) is 5.79. The van der Waals surface area contributed by atoms with Crippen molar-refractivity contribution in [2.75, 3.05) is 10.6 Å². The van der Waals surface area contributed by atoms with Crippen molar-refractivity contribution >= 4 is 68.0 Å². The average molecular weight is 792 g/mol. The van der Waals surface area contributed by atoms with E-state index in [0.717, 1.165) is 44.3 Å². The third kappa shape index (κ3) is 10.9. The van der Waals surface area contributed by atoms with E-state index in [9.17, 15) is 10.2 Å². The summed E-state index contributed by atoms with van der Waals surface area (Å²) in [7, 11) is 0. The summed E-state index contributed by atoms with van der Waals surface area (Å²) < 4.78 is 0. The normalized spacial score (nSPS) is 11.9. The molecular weight excluding hydrogens is 756 g/mol. The monoisotopic (exact) mass is 791 g/mol. The Balaban J connectivity index is 0.000000189. The third-order valence-electron chi connectivity index (χ3n) is 8.50. The van der Waals surface area contributed by atoms with Gasteiger partial charge in [-0.2, -0.15) is 0 Å². The first-order chi connectivity index (χ1) is 27.6. The number of nitrogens with one attached hydrogen (secondary N) is 2. The van der Waals surface area contributed by atoms with Gasteiger partial charge in [0.25, 0.3) is 0 Å². The maximum atomic E-state index is 12.6. The first kappa shape index (κ1) is 39.4. The molecule has 0 aromatic heterocycles. The van der Waals surface area contributed by atoms with Crippen molar-refractivity contribution in [3.8, 4) is 0 Å². The number of aliphatic imine (C=N–C) groups is 4. The fraction of sp³-hybridized carbons (Fsp3) is 0. The van der Waals surface area contributed by atoms with Crippen LogP contribution in [0.1, 0.15) is 11.1 Å². The topological polar surface area (TPSA) is 120 Å². The first-order valence-corrected chi connectivity index (χ1v) is 18.0. The van der Waals surface area contributed by atoms with Crippen molar-refractivity contribution < 1.29 is 27.3 Å². The molecule has 1 radical (unpaired) electrons. The predicted octanol–water partition coefficient (Wildman–Crippen LogP) is 9.49. The summed E-state index contributed by atoms with van der Waals surface area (Å²) in [5, 5.41) is 35.7. The number of hydrogen-bond donors (Lipinski definition) is 2. The number of guanidine groups is 2. The quantitative estimate of drug-likeness (QED) is 0.0991. The smallest absolute Gasteiger partial charge is 0.858 e. The van der Waals surface area contributed by atoms with Gasteiger partial charge in [-0.25, -0.2) is 20.0 Å². The van der Waals surface area contributed by atoms with Crippen molar-refractivity contribution in [3.63, 3.8) is 0 Å². The zero-order chi connectivity index (χ0) is 38.4. The molecule has 9 heteroatoms. The van der Waals surface area contributed by atoms with E-state index in [2.05, 4.69) is 30.6 Å². The van der Waals surface area contributed by atoms with Crippen LogP contribution in [0, 0.1) is 0 Å². The van der Waals surface area contributed by atoms with Crippen LogP contribution in [-0.4, -0.2) is 23.7 Å². The Morgan fingerprint density at radius 2 is 0.667 bits per heavy atom. The molecule has 0 atom stereocenters. The largest absolute Gasteiger partial charge is 2.00 e.